The smallest absolute Gasteiger partial charge is 0.416 e. The minimum Gasteiger partial charge on any atom is -0.494 e. The molecular formula is C15H21F3O2. The summed E-state index contributed by atoms with van der Waals surface area (Å²) in [5, 5.41) is 10.2. The van der Waals surface area contributed by atoms with Crippen molar-refractivity contribution in [1.29, 1.82) is 0 Å². The van der Waals surface area contributed by atoms with Crippen molar-refractivity contribution >= 4 is 0 Å². The molecule has 0 spiro atoms. The molecule has 0 amide bonds. The maximum atomic E-state index is 12.9. The van der Waals surface area contributed by atoms with Crippen LogP contribution in [0.15, 0.2) is 18.2 Å². The average Bonchev–Trinajstić information content (AvgIpc) is 2.39. The van der Waals surface area contributed by atoms with Crippen molar-refractivity contribution in [2.45, 2.75) is 45.9 Å². The third kappa shape index (κ3) is 4.13. The lowest BCUT2D eigenvalue weighted by Gasteiger charge is -2.22. The summed E-state index contributed by atoms with van der Waals surface area (Å²) in [4.78, 5) is 0. The van der Waals surface area contributed by atoms with Crippen molar-refractivity contribution in [3.63, 3.8) is 0 Å². The lowest BCUT2D eigenvalue weighted by atomic mass is 9.90. The summed E-state index contributed by atoms with van der Waals surface area (Å²) in [5.74, 6) is 0.0790. The van der Waals surface area contributed by atoms with E-state index in [2.05, 4.69) is 0 Å². The second kappa shape index (κ2) is 6.97. The van der Waals surface area contributed by atoms with Gasteiger partial charge in [0.15, 0.2) is 0 Å². The molecule has 0 saturated heterocycles. The van der Waals surface area contributed by atoms with Crippen LogP contribution in [-0.4, -0.2) is 11.7 Å². The van der Waals surface area contributed by atoms with Crippen LogP contribution in [0, 0.1) is 5.92 Å². The molecule has 0 saturated carbocycles. The highest BCUT2D eigenvalue weighted by Crippen LogP contribution is 2.36. The van der Waals surface area contributed by atoms with E-state index in [4.69, 9.17) is 4.74 Å². The van der Waals surface area contributed by atoms with Crippen molar-refractivity contribution in [3.05, 3.63) is 29.3 Å². The quantitative estimate of drug-likeness (QED) is 0.831. The zero-order valence-electron chi connectivity index (χ0n) is 12.0. The van der Waals surface area contributed by atoms with Crippen LogP contribution < -0.4 is 4.74 Å². The van der Waals surface area contributed by atoms with Gasteiger partial charge in [-0.15, -0.1) is 0 Å². The van der Waals surface area contributed by atoms with Gasteiger partial charge in [0.25, 0.3) is 0 Å². The van der Waals surface area contributed by atoms with E-state index < -0.39 is 17.8 Å². The Kier molecular flexibility index (Phi) is 5.87. The van der Waals surface area contributed by atoms with E-state index in [1.165, 1.54) is 6.07 Å². The Labute approximate surface area is 117 Å². The van der Waals surface area contributed by atoms with Crippen molar-refractivity contribution in [2.75, 3.05) is 6.61 Å². The molecule has 0 radical (unpaired) electrons. The van der Waals surface area contributed by atoms with Crippen LogP contribution in [0.2, 0.25) is 0 Å². The summed E-state index contributed by atoms with van der Waals surface area (Å²) in [5.41, 5.74) is -0.527. The normalized spacial score (nSPS) is 13.6. The fourth-order valence-electron chi connectivity index (χ4n) is 2.21. The molecule has 1 N–H and O–H groups in total. The maximum absolute atomic E-state index is 12.9. The molecule has 0 aromatic heterocycles. The van der Waals surface area contributed by atoms with Gasteiger partial charge in [-0.25, -0.2) is 0 Å². The van der Waals surface area contributed by atoms with E-state index in [1.54, 1.807) is 6.92 Å². The van der Waals surface area contributed by atoms with Gasteiger partial charge in [-0.2, -0.15) is 13.2 Å². The summed E-state index contributed by atoms with van der Waals surface area (Å²) in [7, 11) is 0. The summed E-state index contributed by atoms with van der Waals surface area (Å²) >= 11 is 0. The molecule has 1 aromatic rings. The Bertz CT molecular complexity index is 426. The Hall–Kier alpha value is -1.23. The minimum absolute atomic E-state index is 0.0621. The maximum Gasteiger partial charge on any atom is 0.416 e. The van der Waals surface area contributed by atoms with E-state index in [-0.39, 0.29) is 23.8 Å². The van der Waals surface area contributed by atoms with Crippen molar-refractivity contribution in [1.82, 2.24) is 0 Å². The van der Waals surface area contributed by atoms with E-state index in [1.807, 2.05) is 13.8 Å². The van der Waals surface area contributed by atoms with Gasteiger partial charge in [0.2, 0.25) is 0 Å². The molecule has 0 fully saturated rings. The molecule has 0 bridgehead atoms. The van der Waals surface area contributed by atoms with Gasteiger partial charge >= 0.3 is 6.18 Å². The van der Waals surface area contributed by atoms with E-state index in [9.17, 15) is 18.3 Å². The minimum atomic E-state index is -4.45. The van der Waals surface area contributed by atoms with E-state index in [0.717, 1.165) is 12.1 Å². The molecule has 1 unspecified atom stereocenters. The molecule has 2 nitrogen and oxygen atoms in total. The summed E-state index contributed by atoms with van der Waals surface area (Å²) in [6, 6.07) is 3.46. The second-order valence-corrected chi connectivity index (χ2v) is 4.74. The number of rotatable bonds is 6. The average molecular weight is 290 g/mol. The lowest BCUT2D eigenvalue weighted by Crippen LogP contribution is -2.13. The molecule has 20 heavy (non-hydrogen) atoms. The first-order chi connectivity index (χ1) is 9.33. The molecule has 0 heterocycles. The monoisotopic (exact) mass is 290 g/mol. The first-order valence-electron chi connectivity index (χ1n) is 6.86. The zero-order chi connectivity index (χ0) is 15.3. The van der Waals surface area contributed by atoms with Crippen molar-refractivity contribution < 1.29 is 23.0 Å². The number of benzene rings is 1. The van der Waals surface area contributed by atoms with Gasteiger partial charge in [-0.1, -0.05) is 26.7 Å². The highest BCUT2D eigenvalue weighted by atomic mass is 19.4. The predicted molar refractivity (Wildman–Crippen MR) is 71.6 cm³/mol. The summed E-state index contributed by atoms with van der Waals surface area (Å²) in [6.45, 7) is 5.81. The third-order valence-corrected chi connectivity index (χ3v) is 3.40. The summed E-state index contributed by atoms with van der Waals surface area (Å²) < 4.78 is 43.8. The number of hydrogen-bond donors (Lipinski definition) is 1. The molecule has 5 heteroatoms. The number of aliphatic hydroxyl groups excluding tert-OH is 1. The standard InChI is InChI=1S/C15H21F3O2/c1-4-10(5-2)14(19)11-7-12(15(16,17)18)9-13(8-11)20-6-3/h7-10,14,19H,4-6H2,1-3H3. The molecule has 1 atom stereocenters. The number of ether oxygens (including phenoxy) is 1. The largest absolute Gasteiger partial charge is 0.494 e. The van der Waals surface area contributed by atoms with Gasteiger partial charge in [0.1, 0.15) is 5.75 Å². The Morgan fingerprint density at radius 3 is 2.15 bits per heavy atom. The van der Waals surface area contributed by atoms with E-state index in [0.29, 0.717) is 12.8 Å². The Morgan fingerprint density at radius 2 is 1.70 bits per heavy atom. The zero-order valence-corrected chi connectivity index (χ0v) is 12.0. The Balaban J connectivity index is 3.21. The molecule has 1 rings (SSSR count). The third-order valence-electron chi connectivity index (χ3n) is 3.40. The molecule has 114 valence electrons. The molecule has 1 aromatic carbocycles. The van der Waals surface area contributed by atoms with Gasteiger partial charge in [-0.3, -0.25) is 0 Å². The van der Waals surface area contributed by atoms with Crippen LogP contribution in [0.1, 0.15) is 50.8 Å². The predicted octanol–water partition coefficient (Wildman–Crippen LogP) is 4.57. The molecule has 0 aliphatic heterocycles. The van der Waals surface area contributed by atoms with Crippen molar-refractivity contribution in [2.24, 2.45) is 5.92 Å². The first-order valence-corrected chi connectivity index (χ1v) is 6.86. The number of hydrogen-bond acceptors (Lipinski definition) is 2. The number of halogens is 3. The first kappa shape index (κ1) is 16.8. The Morgan fingerprint density at radius 1 is 1.10 bits per heavy atom. The van der Waals surface area contributed by atoms with Gasteiger partial charge in [0.05, 0.1) is 18.3 Å². The fraction of sp³-hybridized carbons (Fsp3) is 0.600. The second-order valence-electron chi connectivity index (χ2n) is 4.74. The number of aliphatic hydroxyl groups is 1. The lowest BCUT2D eigenvalue weighted by molar-refractivity contribution is -0.137. The SMILES string of the molecule is CCOc1cc(C(O)C(CC)CC)cc(C(F)(F)F)c1. The molecule has 0 aliphatic carbocycles. The highest BCUT2D eigenvalue weighted by Gasteiger charge is 2.32. The summed E-state index contributed by atoms with van der Waals surface area (Å²) in [6.07, 6.45) is -3.95. The van der Waals surface area contributed by atoms with Crippen LogP contribution in [0.5, 0.6) is 5.75 Å². The van der Waals surface area contributed by atoms with Crippen LogP contribution in [-0.2, 0) is 6.18 Å². The molecule has 0 aliphatic rings. The van der Waals surface area contributed by atoms with Crippen LogP contribution in [0.3, 0.4) is 0 Å². The molecular weight excluding hydrogens is 269 g/mol. The van der Waals surface area contributed by atoms with E-state index >= 15 is 0 Å². The van der Waals surface area contributed by atoms with Gasteiger partial charge in [0, 0.05) is 0 Å². The van der Waals surface area contributed by atoms with Crippen LogP contribution in [0.25, 0.3) is 0 Å². The van der Waals surface area contributed by atoms with Crippen LogP contribution >= 0.6 is 0 Å². The number of alkyl halides is 3. The van der Waals surface area contributed by atoms with Crippen molar-refractivity contribution in [3.8, 4) is 5.75 Å². The topological polar surface area (TPSA) is 29.5 Å². The van der Waals surface area contributed by atoms with Crippen LogP contribution in [0.4, 0.5) is 13.2 Å². The highest BCUT2D eigenvalue weighted by molar-refractivity contribution is 5.37. The fourth-order valence-corrected chi connectivity index (χ4v) is 2.21. The van der Waals surface area contributed by atoms with Gasteiger partial charge in [-0.05, 0) is 36.6 Å². The van der Waals surface area contributed by atoms with Gasteiger partial charge < -0.3 is 9.84 Å².